The van der Waals surface area contributed by atoms with Gasteiger partial charge in [0.15, 0.2) is 0 Å². The molecule has 1 aliphatic heterocycles. The van der Waals surface area contributed by atoms with Crippen molar-refractivity contribution in [1.29, 1.82) is 0 Å². The highest BCUT2D eigenvalue weighted by molar-refractivity contribution is 6.16. The van der Waals surface area contributed by atoms with Crippen molar-refractivity contribution in [2.75, 3.05) is 16.5 Å². The van der Waals surface area contributed by atoms with E-state index in [4.69, 9.17) is 13.8 Å². The lowest BCUT2D eigenvalue weighted by atomic mass is 9.86. The zero-order valence-corrected chi connectivity index (χ0v) is 42.8. The molecule has 0 saturated heterocycles. The van der Waals surface area contributed by atoms with Gasteiger partial charge in [0.05, 0.1) is 28.1 Å². The molecule has 0 saturated carbocycles. The van der Waals surface area contributed by atoms with Gasteiger partial charge in [-0.05, 0) is 105 Å². The SMILES string of the molecule is [2H]C([2H])([2H])c1cc(-n2c3ccccc3c3c(-c4ccc(C(C)(C)C)cc4)cc(Oc4cccc(N5CN(c6c(-c7ccccc7)cccc6-c6ccccc6)c6ccccc65)c4)cc32)ncc1-c1ccc(C(C)(C)C)cc1. The Labute approximate surface area is 439 Å². The van der Waals surface area contributed by atoms with E-state index in [1.54, 1.807) is 12.3 Å². The number of anilines is 4. The number of hydrogen-bond donors (Lipinski definition) is 0. The lowest BCUT2D eigenvalue weighted by molar-refractivity contribution is 0.483. The van der Waals surface area contributed by atoms with Gasteiger partial charge >= 0.3 is 0 Å². The number of benzene rings is 9. The van der Waals surface area contributed by atoms with Crippen LogP contribution in [-0.4, -0.2) is 16.2 Å². The van der Waals surface area contributed by atoms with Gasteiger partial charge in [-0.3, -0.25) is 4.57 Å². The van der Waals surface area contributed by atoms with Crippen LogP contribution in [0.2, 0.25) is 0 Å². The van der Waals surface area contributed by atoms with Crippen LogP contribution >= 0.6 is 0 Å². The number of nitrogens with zero attached hydrogens (tertiary/aromatic N) is 4. The zero-order chi connectivity index (χ0) is 53.2. The summed E-state index contributed by atoms with van der Waals surface area (Å²) in [5, 5.41) is 2.04. The first-order chi connectivity index (χ1) is 37.1. The maximum absolute atomic E-state index is 8.85. The minimum atomic E-state index is -2.42. The van der Waals surface area contributed by atoms with Gasteiger partial charge in [-0.15, -0.1) is 0 Å². The standard InChI is InChI=1S/C69H60N4O/c1-46-40-65(70-44-60(46)50-34-38-52(39-35-50)69(5,6)7)73-61-29-15-14-26-58(61)66-59(49-32-36-51(37-33-49)68(2,3)4)42-55(43-64(66)73)74-54-25-18-24-53(41-54)71-45-72(63-31-17-16-30-62(63)71)67-56(47-20-10-8-11-21-47)27-19-28-57(67)48-22-12-9-13-23-48/h8-44H,45H2,1-7H3/i1D3. The summed E-state index contributed by atoms with van der Waals surface area (Å²) in [5.41, 5.74) is 16.7. The average Bonchev–Trinajstić information content (AvgIpc) is 4.07. The Kier molecular flexibility index (Phi) is 10.7. The molecule has 1 aliphatic rings. The van der Waals surface area contributed by atoms with Crippen LogP contribution < -0.4 is 14.5 Å². The quantitative estimate of drug-likeness (QED) is 0.144. The lowest BCUT2D eigenvalue weighted by Gasteiger charge is -2.27. The predicted octanol–water partition coefficient (Wildman–Crippen LogP) is 18.8. The normalized spacial score (nSPS) is 13.5. The molecule has 12 rings (SSSR count). The molecule has 0 N–H and O–H groups in total. The third-order valence-corrected chi connectivity index (χ3v) is 14.6. The molecule has 0 unspecified atom stereocenters. The van der Waals surface area contributed by atoms with Crippen molar-refractivity contribution in [3.8, 4) is 61.8 Å². The number of pyridine rings is 1. The molecule has 0 spiro atoms. The largest absolute Gasteiger partial charge is 0.457 e. The van der Waals surface area contributed by atoms with Crippen LogP contribution in [0.5, 0.6) is 11.5 Å². The third-order valence-electron chi connectivity index (χ3n) is 14.6. The van der Waals surface area contributed by atoms with Crippen LogP contribution in [0, 0.1) is 6.85 Å². The highest BCUT2D eigenvalue weighted by Gasteiger charge is 2.32. The van der Waals surface area contributed by atoms with E-state index < -0.39 is 6.85 Å². The molecule has 0 aliphatic carbocycles. The van der Waals surface area contributed by atoms with E-state index in [-0.39, 0.29) is 16.4 Å². The van der Waals surface area contributed by atoms with Gasteiger partial charge in [-0.1, -0.05) is 205 Å². The maximum Gasteiger partial charge on any atom is 0.137 e. The molecule has 0 bridgehead atoms. The fourth-order valence-electron chi connectivity index (χ4n) is 10.7. The first-order valence-electron chi connectivity index (χ1n) is 27.0. The van der Waals surface area contributed by atoms with E-state index >= 15 is 0 Å². The fraction of sp³-hybridized carbons (Fsp3) is 0.145. The topological polar surface area (TPSA) is 33.5 Å². The third kappa shape index (κ3) is 8.48. The summed E-state index contributed by atoms with van der Waals surface area (Å²) in [4.78, 5) is 9.91. The van der Waals surface area contributed by atoms with E-state index in [0.717, 1.165) is 83.5 Å². The van der Waals surface area contributed by atoms with Gasteiger partial charge in [0.25, 0.3) is 0 Å². The van der Waals surface area contributed by atoms with Crippen LogP contribution in [-0.2, 0) is 10.8 Å². The molecule has 2 aromatic heterocycles. The Hall–Kier alpha value is -8.67. The second kappa shape index (κ2) is 18.4. The van der Waals surface area contributed by atoms with Gasteiger partial charge in [-0.25, -0.2) is 4.98 Å². The summed E-state index contributed by atoms with van der Waals surface area (Å²) in [6.07, 6.45) is 1.72. The molecule has 0 amide bonds. The number of aryl methyl sites for hydroxylation is 1. The molecule has 5 heteroatoms. The highest BCUT2D eigenvalue weighted by atomic mass is 16.5. The Morgan fingerprint density at radius 3 is 1.64 bits per heavy atom. The van der Waals surface area contributed by atoms with Crippen molar-refractivity contribution in [2.24, 2.45) is 0 Å². The van der Waals surface area contributed by atoms with Crippen molar-refractivity contribution in [1.82, 2.24) is 9.55 Å². The molecule has 3 heterocycles. The van der Waals surface area contributed by atoms with E-state index in [1.807, 2.05) is 24.3 Å². The molecule has 0 atom stereocenters. The maximum atomic E-state index is 8.85. The van der Waals surface area contributed by atoms with E-state index in [0.29, 0.717) is 29.5 Å². The Balaban J connectivity index is 0.985. The zero-order valence-electron chi connectivity index (χ0n) is 45.8. The molecule has 5 nitrogen and oxygen atoms in total. The number of aromatic nitrogens is 2. The smallest absolute Gasteiger partial charge is 0.137 e. The van der Waals surface area contributed by atoms with Crippen molar-refractivity contribution < 1.29 is 8.85 Å². The van der Waals surface area contributed by atoms with Crippen LogP contribution in [0.1, 0.15) is 62.3 Å². The summed E-state index contributed by atoms with van der Waals surface area (Å²) in [6, 6.07) is 76.1. The summed E-state index contributed by atoms with van der Waals surface area (Å²) < 4.78 is 35.7. The second-order valence-electron chi connectivity index (χ2n) is 21.5. The molecule has 362 valence electrons. The van der Waals surface area contributed by atoms with Gasteiger partial charge in [0, 0.05) is 55.6 Å². The average molecular weight is 964 g/mol. The Morgan fingerprint density at radius 1 is 0.459 bits per heavy atom. The van der Waals surface area contributed by atoms with Crippen molar-refractivity contribution in [3.05, 3.63) is 241 Å². The van der Waals surface area contributed by atoms with Crippen molar-refractivity contribution >= 4 is 44.6 Å². The Bertz CT molecular complexity index is 3920. The monoisotopic (exact) mass is 963 g/mol. The molecule has 0 radical (unpaired) electrons. The summed E-state index contributed by atoms with van der Waals surface area (Å²) in [5.74, 6) is 1.81. The highest BCUT2D eigenvalue weighted by Crippen LogP contribution is 2.51. The number of fused-ring (bicyclic) bond motifs is 4. The number of hydrogen-bond acceptors (Lipinski definition) is 4. The van der Waals surface area contributed by atoms with Crippen LogP contribution in [0.3, 0.4) is 0 Å². The minimum Gasteiger partial charge on any atom is -0.457 e. The lowest BCUT2D eigenvalue weighted by Crippen LogP contribution is -2.24. The summed E-state index contributed by atoms with van der Waals surface area (Å²) >= 11 is 0. The summed E-state index contributed by atoms with van der Waals surface area (Å²) in [7, 11) is 0. The van der Waals surface area contributed by atoms with Gasteiger partial charge in [0.1, 0.15) is 24.0 Å². The van der Waals surface area contributed by atoms with E-state index in [2.05, 4.69) is 244 Å². The second-order valence-corrected chi connectivity index (χ2v) is 21.5. The minimum absolute atomic E-state index is 0.0326. The van der Waals surface area contributed by atoms with Gasteiger partial charge in [0.2, 0.25) is 0 Å². The van der Waals surface area contributed by atoms with Crippen LogP contribution in [0.25, 0.3) is 72.1 Å². The van der Waals surface area contributed by atoms with Gasteiger partial charge < -0.3 is 14.5 Å². The first kappa shape index (κ1) is 43.0. The molecule has 11 aromatic rings. The fourth-order valence-corrected chi connectivity index (χ4v) is 10.7. The Morgan fingerprint density at radius 2 is 1.01 bits per heavy atom. The number of ether oxygens (including phenoxy) is 1. The van der Waals surface area contributed by atoms with Crippen LogP contribution in [0.15, 0.2) is 225 Å². The molecule has 9 aromatic carbocycles. The number of rotatable bonds is 9. The summed E-state index contributed by atoms with van der Waals surface area (Å²) in [6.45, 7) is 11.4. The predicted molar refractivity (Wildman–Crippen MR) is 311 cm³/mol. The van der Waals surface area contributed by atoms with E-state index in [9.17, 15) is 0 Å². The molecular weight excluding hydrogens is 901 g/mol. The van der Waals surface area contributed by atoms with Gasteiger partial charge in [-0.2, -0.15) is 0 Å². The molecular formula is C69H60N4O. The van der Waals surface area contributed by atoms with Crippen molar-refractivity contribution in [3.63, 3.8) is 0 Å². The molecule has 74 heavy (non-hydrogen) atoms. The van der Waals surface area contributed by atoms with E-state index in [1.165, 1.54) is 11.1 Å². The first-order valence-corrected chi connectivity index (χ1v) is 25.5. The van der Waals surface area contributed by atoms with Crippen LogP contribution in [0.4, 0.5) is 22.7 Å². The van der Waals surface area contributed by atoms with Crippen molar-refractivity contribution in [2.45, 2.75) is 59.2 Å². The molecule has 0 fully saturated rings. The number of para-hydroxylation sites is 4.